The molecule has 2 aliphatic rings. The first kappa shape index (κ1) is 15.6. The highest BCUT2D eigenvalue weighted by Gasteiger charge is 2.32. The molecule has 0 spiro atoms. The summed E-state index contributed by atoms with van der Waals surface area (Å²) in [6.07, 6.45) is 2.89. The molecule has 2 aliphatic heterocycles. The van der Waals surface area contributed by atoms with Gasteiger partial charge in [-0.05, 0) is 25.7 Å². The number of carboxylic acids is 1. The van der Waals surface area contributed by atoms with Crippen molar-refractivity contribution in [3.63, 3.8) is 0 Å². The zero-order valence-corrected chi connectivity index (χ0v) is 12.4. The van der Waals surface area contributed by atoms with Gasteiger partial charge in [0.25, 0.3) is 0 Å². The van der Waals surface area contributed by atoms with Gasteiger partial charge in [-0.2, -0.15) is 0 Å². The number of carboxylic acid groups (broad SMARTS) is 1. The van der Waals surface area contributed by atoms with Gasteiger partial charge < -0.3 is 20.2 Å². The molecular formula is C14H23N3O4. The minimum atomic E-state index is -0.822. The third-order valence-corrected chi connectivity index (χ3v) is 4.21. The van der Waals surface area contributed by atoms with Crippen molar-refractivity contribution < 1.29 is 19.5 Å². The van der Waals surface area contributed by atoms with Crippen molar-refractivity contribution in [2.45, 2.75) is 38.6 Å². The number of piperidine rings is 2. The molecule has 21 heavy (non-hydrogen) atoms. The summed E-state index contributed by atoms with van der Waals surface area (Å²) < 4.78 is 0. The van der Waals surface area contributed by atoms with Crippen LogP contribution in [0.5, 0.6) is 0 Å². The third kappa shape index (κ3) is 4.09. The van der Waals surface area contributed by atoms with Gasteiger partial charge in [0.15, 0.2) is 0 Å². The Balaban J connectivity index is 1.84. The summed E-state index contributed by atoms with van der Waals surface area (Å²) in [4.78, 5) is 37.9. The highest BCUT2D eigenvalue weighted by Crippen LogP contribution is 2.20. The second-order valence-corrected chi connectivity index (χ2v) is 5.87. The standard InChI is InChI=1S/C14H23N3O4/c1-10(18)15-12-4-7-16(8-5-12)14(21)17-6-2-3-11(9-17)13(19)20/h11-12H,2-9H2,1H3,(H,15,18)(H,19,20)/t11-/m0/s1. The van der Waals surface area contributed by atoms with Gasteiger partial charge in [-0.3, -0.25) is 9.59 Å². The molecule has 0 unspecified atom stereocenters. The van der Waals surface area contributed by atoms with Crippen LogP contribution in [-0.2, 0) is 9.59 Å². The molecule has 0 aromatic carbocycles. The normalized spacial score (nSPS) is 23.8. The summed E-state index contributed by atoms with van der Waals surface area (Å²) in [6, 6.07) is 0.0712. The van der Waals surface area contributed by atoms with Crippen molar-refractivity contribution in [3.05, 3.63) is 0 Å². The lowest BCUT2D eigenvalue weighted by Gasteiger charge is -2.38. The third-order valence-electron chi connectivity index (χ3n) is 4.21. The maximum Gasteiger partial charge on any atom is 0.320 e. The number of aliphatic carboxylic acids is 1. The van der Waals surface area contributed by atoms with Crippen LogP contribution >= 0.6 is 0 Å². The van der Waals surface area contributed by atoms with Gasteiger partial charge in [-0.25, -0.2) is 4.79 Å². The molecule has 0 saturated carbocycles. The Hall–Kier alpha value is -1.79. The summed E-state index contributed by atoms with van der Waals surface area (Å²) in [6.45, 7) is 3.65. The number of carbonyl (C=O) groups excluding carboxylic acids is 2. The van der Waals surface area contributed by atoms with E-state index in [9.17, 15) is 14.4 Å². The van der Waals surface area contributed by atoms with Crippen LogP contribution in [-0.4, -0.2) is 65.0 Å². The molecule has 118 valence electrons. The summed E-state index contributed by atoms with van der Waals surface area (Å²) in [5.74, 6) is -1.31. The Morgan fingerprint density at radius 3 is 2.29 bits per heavy atom. The smallest absolute Gasteiger partial charge is 0.320 e. The van der Waals surface area contributed by atoms with Crippen LogP contribution in [0.2, 0.25) is 0 Å². The predicted octanol–water partition coefficient (Wildman–Crippen LogP) is 0.504. The van der Waals surface area contributed by atoms with Crippen LogP contribution in [0.25, 0.3) is 0 Å². The lowest BCUT2D eigenvalue weighted by Crippen LogP contribution is -2.53. The largest absolute Gasteiger partial charge is 0.481 e. The van der Waals surface area contributed by atoms with E-state index in [4.69, 9.17) is 5.11 Å². The van der Waals surface area contributed by atoms with Crippen molar-refractivity contribution in [1.82, 2.24) is 15.1 Å². The van der Waals surface area contributed by atoms with Gasteiger partial charge in [0.1, 0.15) is 0 Å². The van der Waals surface area contributed by atoms with E-state index in [2.05, 4.69) is 5.32 Å². The van der Waals surface area contributed by atoms with E-state index in [1.165, 1.54) is 6.92 Å². The van der Waals surface area contributed by atoms with Gasteiger partial charge in [0.05, 0.1) is 5.92 Å². The monoisotopic (exact) mass is 297 g/mol. The first-order valence-electron chi connectivity index (χ1n) is 7.51. The number of hydrogen-bond donors (Lipinski definition) is 2. The first-order chi connectivity index (χ1) is 9.97. The van der Waals surface area contributed by atoms with Crippen molar-refractivity contribution in [3.8, 4) is 0 Å². The molecule has 3 amide bonds. The number of carbonyl (C=O) groups is 3. The van der Waals surface area contributed by atoms with Crippen LogP contribution < -0.4 is 5.32 Å². The molecule has 0 aromatic heterocycles. The van der Waals surface area contributed by atoms with E-state index in [1.807, 2.05) is 0 Å². The zero-order valence-electron chi connectivity index (χ0n) is 12.4. The maximum atomic E-state index is 12.4. The highest BCUT2D eigenvalue weighted by molar-refractivity contribution is 5.77. The Morgan fingerprint density at radius 2 is 1.71 bits per heavy atom. The SMILES string of the molecule is CC(=O)NC1CCN(C(=O)N2CCC[C@H](C(=O)O)C2)CC1. The number of hydrogen-bond acceptors (Lipinski definition) is 3. The van der Waals surface area contributed by atoms with Gasteiger partial charge in [0.2, 0.25) is 5.91 Å². The van der Waals surface area contributed by atoms with Crippen molar-refractivity contribution in [2.24, 2.45) is 5.92 Å². The van der Waals surface area contributed by atoms with Gasteiger partial charge >= 0.3 is 12.0 Å². The fraction of sp³-hybridized carbons (Fsp3) is 0.786. The molecule has 2 rings (SSSR count). The maximum absolute atomic E-state index is 12.4. The number of urea groups is 1. The molecule has 0 aromatic rings. The molecule has 0 bridgehead atoms. The zero-order chi connectivity index (χ0) is 15.4. The highest BCUT2D eigenvalue weighted by atomic mass is 16.4. The molecule has 2 fully saturated rings. The Kier molecular flexibility index (Phi) is 5.03. The van der Waals surface area contributed by atoms with Crippen molar-refractivity contribution in [2.75, 3.05) is 26.2 Å². The lowest BCUT2D eigenvalue weighted by atomic mass is 9.98. The summed E-state index contributed by atoms with van der Waals surface area (Å²) >= 11 is 0. The van der Waals surface area contributed by atoms with Gasteiger partial charge in [0, 0.05) is 39.1 Å². The van der Waals surface area contributed by atoms with Crippen molar-refractivity contribution in [1.29, 1.82) is 0 Å². The van der Waals surface area contributed by atoms with E-state index in [0.29, 0.717) is 32.6 Å². The van der Waals surface area contributed by atoms with Gasteiger partial charge in [-0.15, -0.1) is 0 Å². The molecule has 2 N–H and O–H groups in total. The Bertz CT molecular complexity index is 418. The van der Waals surface area contributed by atoms with E-state index in [-0.39, 0.29) is 18.0 Å². The summed E-state index contributed by atoms with van der Waals surface area (Å²) in [7, 11) is 0. The van der Waals surface area contributed by atoms with Crippen molar-refractivity contribution >= 4 is 17.9 Å². The predicted molar refractivity (Wildman–Crippen MR) is 75.7 cm³/mol. The molecule has 7 heteroatoms. The van der Waals surface area contributed by atoms with E-state index in [1.54, 1.807) is 9.80 Å². The van der Waals surface area contributed by atoms with Crippen LogP contribution in [0, 0.1) is 5.92 Å². The molecular weight excluding hydrogens is 274 g/mol. The molecule has 2 saturated heterocycles. The average molecular weight is 297 g/mol. The topological polar surface area (TPSA) is 90.0 Å². The lowest BCUT2D eigenvalue weighted by molar-refractivity contribution is -0.143. The Morgan fingerprint density at radius 1 is 1.05 bits per heavy atom. The quantitative estimate of drug-likeness (QED) is 0.777. The van der Waals surface area contributed by atoms with Crippen LogP contribution in [0.4, 0.5) is 4.79 Å². The molecule has 7 nitrogen and oxygen atoms in total. The minimum Gasteiger partial charge on any atom is -0.481 e. The first-order valence-corrected chi connectivity index (χ1v) is 7.51. The fourth-order valence-corrected chi connectivity index (χ4v) is 3.06. The second-order valence-electron chi connectivity index (χ2n) is 5.87. The van der Waals surface area contributed by atoms with Gasteiger partial charge in [-0.1, -0.05) is 0 Å². The summed E-state index contributed by atoms with van der Waals surface area (Å²) in [5, 5.41) is 11.9. The molecule has 0 aliphatic carbocycles. The average Bonchev–Trinajstić information content (AvgIpc) is 2.47. The van der Waals surface area contributed by atoms with E-state index < -0.39 is 11.9 Å². The number of nitrogens with zero attached hydrogens (tertiary/aromatic N) is 2. The van der Waals surface area contributed by atoms with Crippen LogP contribution in [0.3, 0.4) is 0 Å². The van der Waals surface area contributed by atoms with E-state index >= 15 is 0 Å². The fourth-order valence-electron chi connectivity index (χ4n) is 3.06. The second kappa shape index (κ2) is 6.78. The number of likely N-dealkylation sites (tertiary alicyclic amines) is 2. The summed E-state index contributed by atoms with van der Waals surface area (Å²) in [5.41, 5.74) is 0. The van der Waals surface area contributed by atoms with Crippen LogP contribution in [0.1, 0.15) is 32.6 Å². The Labute approximate surface area is 124 Å². The van der Waals surface area contributed by atoms with Crippen LogP contribution in [0.15, 0.2) is 0 Å². The van der Waals surface area contributed by atoms with E-state index in [0.717, 1.165) is 19.3 Å². The number of amides is 3. The number of nitrogens with one attached hydrogen (secondary N) is 1. The number of rotatable bonds is 2. The molecule has 0 radical (unpaired) electrons. The molecule has 2 heterocycles. The minimum absolute atomic E-state index is 0.0416. The molecule has 1 atom stereocenters.